The van der Waals surface area contributed by atoms with Crippen LogP contribution in [0.5, 0.6) is 0 Å². The molecule has 0 radical (unpaired) electrons. The minimum absolute atomic E-state index is 0.0280. The molecule has 164 valence electrons. The topological polar surface area (TPSA) is 107 Å². The monoisotopic (exact) mass is 442 g/mol. The van der Waals surface area contributed by atoms with Crippen LogP contribution >= 0.6 is 7.60 Å². The lowest BCUT2D eigenvalue weighted by Crippen LogP contribution is -2.10. The van der Waals surface area contributed by atoms with Gasteiger partial charge in [-0.3, -0.25) is 4.57 Å². The van der Waals surface area contributed by atoms with E-state index < -0.39 is 7.60 Å². The predicted molar refractivity (Wildman–Crippen MR) is 119 cm³/mol. The molecule has 4 rings (SSSR count). The normalized spacial score (nSPS) is 12.8. The van der Waals surface area contributed by atoms with Gasteiger partial charge in [0.15, 0.2) is 17.1 Å². The second-order valence-electron chi connectivity index (χ2n) is 8.23. The molecule has 3 aromatic heterocycles. The van der Waals surface area contributed by atoms with E-state index in [-0.39, 0.29) is 24.8 Å². The third kappa shape index (κ3) is 4.26. The van der Waals surface area contributed by atoms with E-state index in [0.29, 0.717) is 28.5 Å². The van der Waals surface area contributed by atoms with E-state index >= 15 is 0 Å². The molecule has 0 aliphatic heterocycles. The van der Waals surface area contributed by atoms with Crippen LogP contribution in [0.25, 0.3) is 28.2 Å². The summed E-state index contributed by atoms with van der Waals surface area (Å²) in [6, 6.07) is 8.20. The largest absolute Gasteiger partial charge is 0.340 e. The van der Waals surface area contributed by atoms with E-state index in [2.05, 4.69) is 53.0 Å². The fourth-order valence-corrected chi connectivity index (χ4v) is 4.99. The highest BCUT2D eigenvalue weighted by Gasteiger charge is 2.28. The van der Waals surface area contributed by atoms with Crippen LogP contribution in [0.2, 0.25) is 0 Å². The first-order valence-corrected chi connectivity index (χ1v) is 12.0. The van der Waals surface area contributed by atoms with Crippen LogP contribution in [0.1, 0.15) is 46.0 Å². The average molecular weight is 442 g/mol. The van der Waals surface area contributed by atoms with Crippen LogP contribution in [0.3, 0.4) is 0 Å². The number of nitrogens with zero attached hydrogens (tertiary/aromatic N) is 5. The predicted octanol–water partition coefficient (Wildman–Crippen LogP) is 4.73. The Morgan fingerprint density at radius 3 is 2.35 bits per heavy atom. The molecule has 0 aliphatic rings. The van der Waals surface area contributed by atoms with Crippen molar-refractivity contribution >= 4 is 24.4 Å². The van der Waals surface area contributed by atoms with Crippen molar-refractivity contribution in [2.75, 3.05) is 13.2 Å². The summed E-state index contributed by atoms with van der Waals surface area (Å²) in [7, 11) is -3.38. The molecule has 0 bridgehead atoms. The number of nitrogens with one attached hydrogen (secondary N) is 1. The van der Waals surface area contributed by atoms with Crippen molar-refractivity contribution in [1.29, 1.82) is 0 Å². The first kappa shape index (κ1) is 21.6. The fraction of sp³-hybridized carbons (Fsp3) is 0.429. The first-order valence-electron chi connectivity index (χ1n) is 10.3. The molecule has 0 amide bonds. The van der Waals surface area contributed by atoms with E-state index in [1.807, 2.05) is 12.1 Å². The molecule has 0 spiro atoms. The Kier molecular flexibility index (Phi) is 5.68. The molecule has 1 aromatic carbocycles. The van der Waals surface area contributed by atoms with E-state index in [9.17, 15) is 4.57 Å². The van der Waals surface area contributed by atoms with Gasteiger partial charge in [-0.05, 0) is 24.8 Å². The van der Waals surface area contributed by atoms with Gasteiger partial charge in [0.05, 0.1) is 19.5 Å². The molecular formula is C21H27N6O3P. The van der Waals surface area contributed by atoms with Gasteiger partial charge in [-0.25, -0.2) is 15.0 Å². The number of H-pyrrole nitrogens is 1. The second-order valence-corrected chi connectivity index (χ2v) is 10.3. The van der Waals surface area contributed by atoms with E-state index in [1.165, 1.54) is 5.56 Å². The van der Waals surface area contributed by atoms with Crippen LogP contribution < -0.4 is 0 Å². The van der Waals surface area contributed by atoms with Gasteiger partial charge in [-0.2, -0.15) is 4.52 Å². The van der Waals surface area contributed by atoms with Gasteiger partial charge in [0.25, 0.3) is 0 Å². The van der Waals surface area contributed by atoms with Crippen molar-refractivity contribution in [3.05, 3.63) is 42.0 Å². The van der Waals surface area contributed by atoms with Crippen LogP contribution in [0, 0.1) is 0 Å². The molecule has 0 fully saturated rings. The Hall–Kier alpha value is -2.61. The van der Waals surface area contributed by atoms with Crippen LogP contribution in [0.15, 0.2) is 30.6 Å². The molecule has 0 saturated carbocycles. The minimum Gasteiger partial charge on any atom is -0.340 e. The highest BCUT2D eigenvalue weighted by molar-refractivity contribution is 7.53. The Labute approximate surface area is 180 Å². The molecule has 0 atom stereocenters. The van der Waals surface area contributed by atoms with Gasteiger partial charge < -0.3 is 14.0 Å². The second kappa shape index (κ2) is 8.15. The molecule has 31 heavy (non-hydrogen) atoms. The Morgan fingerprint density at radius 2 is 1.74 bits per heavy atom. The van der Waals surface area contributed by atoms with Gasteiger partial charge in [0, 0.05) is 5.56 Å². The lowest BCUT2D eigenvalue weighted by molar-refractivity contribution is 0.218. The standard InChI is InChI=1S/C21H27N6O3P/c1-6-29-31(28,30-7-2)12-16-24-19-17(22-13-23-19)20-25-18(26-27(16)20)14-8-10-15(11-9-14)21(3,4)5/h8-11,13H,6-7,12H2,1-5H3,(H,22,23). The number of hydrogen-bond acceptors (Lipinski definition) is 7. The maximum atomic E-state index is 13.1. The number of fused-ring (bicyclic) bond motifs is 3. The Bertz CT molecular complexity index is 1250. The maximum Gasteiger partial charge on any atom is 0.338 e. The van der Waals surface area contributed by atoms with Crippen molar-refractivity contribution in [2.45, 2.75) is 46.2 Å². The number of rotatable bonds is 7. The lowest BCUT2D eigenvalue weighted by atomic mass is 9.87. The van der Waals surface area contributed by atoms with Crippen LogP contribution in [0.4, 0.5) is 0 Å². The van der Waals surface area contributed by atoms with Crippen molar-refractivity contribution < 1.29 is 13.6 Å². The summed E-state index contributed by atoms with van der Waals surface area (Å²) in [5.74, 6) is 0.971. The molecule has 1 N–H and O–H groups in total. The highest BCUT2D eigenvalue weighted by Crippen LogP contribution is 2.51. The van der Waals surface area contributed by atoms with Crippen molar-refractivity contribution in [1.82, 2.24) is 29.5 Å². The zero-order valence-electron chi connectivity index (χ0n) is 18.4. The van der Waals surface area contributed by atoms with Gasteiger partial charge in [0.2, 0.25) is 0 Å². The van der Waals surface area contributed by atoms with Gasteiger partial charge >= 0.3 is 7.60 Å². The zero-order valence-corrected chi connectivity index (χ0v) is 19.3. The number of aromatic nitrogens is 6. The van der Waals surface area contributed by atoms with E-state index in [0.717, 1.165) is 5.56 Å². The van der Waals surface area contributed by atoms with Gasteiger partial charge in [-0.1, -0.05) is 45.0 Å². The fourth-order valence-electron chi connectivity index (χ4n) is 3.40. The van der Waals surface area contributed by atoms with Crippen molar-refractivity contribution in [3.8, 4) is 11.4 Å². The molecule has 10 heteroatoms. The average Bonchev–Trinajstić information content (AvgIpc) is 3.34. The number of imidazole rings is 1. The summed E-state index contributed by atoms with van der Waals surface area (Å²) >= 11 is 0. The summed E-state index contributed by atoms with van der Waals surface area (Å²) in [5.41, 5.74) is 3.87. The highest BCUT2D eigenvalue weighted by atomic mass is 31.2. The number of hydrogen-bond donors (Lipinski definition) is 1. The Balaban J connectivity index is 1.82. The Morgan fingerprint density at radius 1 is 1.06 bits per heavy atom. The maximum absolute atomic E-state index is 13.1. The summed E-state index contributed by atoms with van der Waals surface area (Å²) in [4.78, 5) is 16.6. The molecule has 0 saturated heterocycles. The summed E-state index contributed by atoms with van der Waals surface area (Å²) in [6.07, 6.45) is 1.53. The third-order valence-corrected chi connectivity index (χ3v) is 6.90. The first-order chi connectivity index (χ1) is 14.7. The zero-order chi connectivity index (χ0) is 22.2. The lowest BCUT2D eigenvalue weighted by Gasteiger charge is -2.18. The summed E-state index contributed by atoms with van der Waals surface area (Å²) in [6.45, 7) is 10.6. The van der Waals surface area contributed by atoms with Crippen LogP contribution in [-0.4, -0.2) is 42.8 Å². The van der Waals surface area contributed by atoms with Gasteiger partial charge in [-0.15, -0.1) is 5.10 Å². The molecule has 4 aromatic rings. The molecular weight excluding hydrogens is 415 g/mol. The van der Waals surface area contributed by atoms with E-state index in [4.69, 9.17) is 14.0 Å². The van der Waals surface area contributed by atoms with Crippen molar-refractivity contribution in [2.24, 2.45) is 0 Å². The van der Waals surface area contributed by atoms with Crippen molar-refractivity contribution in [3.63, 3.8) is 0 Å². The quantitative estimate of drug-likeness (QED) is 0.412. The van der Waals surface area contributed by atoms with Gasteiger partial charge in [0.1, 0.15) is 17.5 Å². The minimum atomic E-state index is -3.38. The van der Waals surface area contributed by atoms with E-state index in [1.54, 1.807) is 24.7 Å². The number of benzene rings is 1. The molecule has 3 heterocycles. The molecule has 0 aliphatic carbocycles. The summed E-state index contributed by atoms with van der Waals surface area (Å²) < 4.78 is 25.6. The molecule has 0 unspecified atom stereocenters. The SMILES string of the molecule is CCOP(=O)(Cc1nc2nc[nH]c2c2nc(-c3ccc(C(C)(C)C)cc3)nn12)OCC. The smallest absolute Gasteiger partial charge is 0.338 e. The third-order valence-electron chi connectivity index (χ3n) is 4.93. The summed E-state index contributed by atoms with van der Waals surface area (Å²) in [5, 5.41) is 4.67. The molecule has 9 nitrogen and oxygen atoms in total. The van der Waals surface area contributed by atoms with Crippen LogP contribution in [-0.2, 0) is 25.2 Å². The number of aromatic amines is 1.